The molecule has 2 aliphatic carbocycles. The minimum Gasteiger partial charge on any atom is -0.508 e. The zero-order valence-corrected chi connectivity index (χ0v) is 11.0. The highest BCUT2D eigenvalue weighted by Crippen LogP contribution is 2.67. The van der Waals surface area contributed by atoms with Crippen LogP contribution in [0.4, 0.5) is 0 Å². The van der Waals surface area contributed by atoms with Crippen molar-refractivity contribution < 1.29 is 5.11 Å². The number of fused-ring (bicyclic) bond motifs is 2. The van der Waals surface area contributed by atoms with Gasteiger partial charge in [-0.15, -0.1) is 0 Å². The lowest BCUT2D eigenvalue weighted by atomic mass is 9.56. The summed E-state index contributed by atoms with van der Waals surface area (Å²) in [6.07, 6.45) is 4.05. The van der Waals surface area contributed by atoms with Gasteiger partial charge < -0.3 is 5.11 Å². The Morgan fingerprint density at radius 3 is 2.29 bits per heavy atom. The van der Waals surface area contributed by atoms with Gasteiger partial charge in [-0.1, -0.05) is 39.0 Å². The van der Waals surface area contributed by atoms with Gasteiger partial charge in [-0.2, -0.15) is 0 Å². The molecule has 92 valence electrons. The largest absolute Gasteiger partial charge is 0.508 e. The van der Waals surface area contributed by atoms with Gasteiger partial charge in [0.2, 0.25) is 0 Å². The van der Waals surface area contributed by atoms with Crippen molar-refractivity contribution in [3.05, 3.63) is 29.8 Å². The first-order chi connectivity index (χ1) is 7.98. The number of aromatic hydroxyl groups is 1. The molecule has 0 spiro atoms. The van der Waals surface area contributed by atoms with E-state index in [0.29, 0.717) is 11.2 Å². The van der Waals surface area contributed by atoms with Crippen LogP contribution < -0.4 is 0 Å². The Balaban J connectivity index is 2.16. The molecule has 3 atom stereocenters. The fourth-order valence-electron chi connectivity index (χ4n) is 4.59. The summed E-state index contributed by atoms with van der Waals surface area (Å²) in [7, 11) is 0. The van der Waals surface area contributed by atoms with E-state index in [-0.39, 0.29) is 5.41 Å². The number of rotatable bonds is 1. The maximum atomic E-state index is 10.2. The zero-order chi connectivity index (χ0) is 12.3. The molecule has 2 bridgehead atoms. The minimum atomic E-state index is 0.140. The Labute approximate surface area is 104 Å². The standard InChI is InChI=1S/C16H22O/c1-15(2)11-8-9-12(10-11)16(15,3)13-6-4-5-7-14(13)17/h4-7,11-12,17H,8-10H2,1-3H3/t11-,12-,16-/m1/s1. The number of benzene rings is 1. The summed E-state index contributed by atoms with van der Waals surface area (Å²) in [5, 5.41) is 10.2. The summed E-state index contributed by atoms with van der Waals surface area (Å²) < 4.78 is 0. The Morgan fingerprint density at radius 2 is 1.71 bits per heavy atom. The van der Waals surface area contributed by atoms with Crippen molar-refractivity contribution in [2.24, 2.45) is 17.3 Å². The predicted octanol–water partition coefficient (Wildman–Crippen LogP) is 4.11. The Kier molecular flexibility index (Phi) is 2.14. The fraction of sp³-hybridized carbons (Fsp3) is 0.625. The first-order valence-electron chi connectivity index (χ1n) is 6.76. The Bertz CT molecular complexity index is 449. The smallest absolute Gasteiger partial charge is 0.119 e. The summed E-state index contributed by atoms with van der Waals surface area (Å²) in [6, 6.07) is 7.94. The molecule has 1 N–H and O–H groups in total. The molecule has 1 nitrogen and oxygen atoms in total. The number of para-hydroxylation sites is 1. The molecule has 0 radical (unpaired) electrons. The van der Waals surface area contributed by atoms with Crippen LogP contribution >= 0.6 is 0 Å². The van der Waals surface area contributed by atoms with E-state index in [1.165, 1.54) is 19.3 Å². The van der Waals surface area contributed by atoms with Crippen LogP contribution in [-0.2, 0) is 5.41 Å². The molecule has 1 heteroatoms. The number of phenols is 1. The number of hydrogen-bond acceptors (Lipinski definition) is 1. The van der Waals surface area contributed by atoms with E-state index >= 15 is 0 Å². The van der Waals surface area contributed by atoms with Gasteiger partial charge in [-0.05, 0) is 42.6 Å². The maximum Gasteiger partial charge on any atom is 0.119 e. The monoisotopic (exact) mass is 230 g/mol. The Hall–Kier alpha value is -0.980. The number of hydrogen-bond donors (Lipinski definition) is 1. The highest BCUT2D eigenvalue weighted by Gasteiger charge is 2.61. The van der Waals surface area contributed by atoms with Gasteiger partial charge in [0.05, 0.1) is 0 Å². The van der Waals surface area contributed by atoms with E-state index in [0.717, 1.165) is 17.4 Å². The highest BCUT2D eigenvalue weighted by atomic mass is 16.3. The average molecular weight is 230 g/mol. The molecule has 0 aliphatic heterocycles. The van der Waals surface area contributed by atoms with Gasteiger partial charge in [0, 0.05) is 11.0 Å². The van der Waals surface area contributed by atoms with Crippen LogP contribution in [0.5, 0.6) is 5.75 Å². The van der Waals surface area contributed by atoms with Crippen molar-refractivity contribution in [2.75, 3.05) is 0 Å². The average Bonchev–Trinajstić information content (AvgIpc) is 2.83. The SMILES string of the molecule is CC1(C)[C@@H]2CC[C@H](C2)[C@]1(C)c1ccccc1O. The van der Waals surface area contributed by atoms with E-state index in [1.54, 1.807) is 0 Å². The van der Waals surface area contributed by atoms with Crippen LogP contribution in [0.25, 0.3) is 0 Å². The fourth-order valence-corrected chi connectivity index (χ4v) is 4.59. The lowest BCUT2D eigenvalue weighted by Gasteiger charge is -2.48. The molecule has 2 saturated carbocycles. The third-order valence-electron chi connectivity index (χ3n) is 6.07. The van der Waals surface area contributed by atoms with E-state index < -0.39 is 0 Å². The van der Waals surface area contributed by atoms with Crippen molar-refractivity contribution in [3.8, 4) is 5.75 Å². The third kappa shape index (κ3) is 1.20. The molecule has 0 amide bonds. The van der Waals surface area contributed by atoms with Gasteiger partial charge in [0.15, 0.2) is 0 Å². The van der Waals surface area contributed by atoms with Crippen LogP contribution in [0, 0.1) is 17.3 Å². The first kappa shape index (κ1) is 11.1. The molecular formula is C16H22O. The zero-order valence-electron chi connectivity index (χ0n) is 11.0. The second-order valence-electron chi connectivity index (χ2n) is 6.65. The summed E-state index contributed by atoms with van der Waals surface area (Å²) in [6.45, 7) is 7.15. The Morgan fingerprint density at radius 1 is 1.06 bits per heavy atom. The molecule has 0 saturated heterocycles. The minimum absolute atomic E-state index is 0.140. The van der Waals surface area contributed by atoms with Gasteiger partial charge in [-0.25, -0.2) is 0 Å². The van der Waals surface area contributed by atoms with Crippen molar-refractivity contribution in [3.63, 3.8) is 0 Å². The maximum absolute atomic E-state index is 10.2. The molecule has 0 unspecified atom stereocenters. The van der Waals surface area contributed by atoms with Crippen molar-refractivity contribution >= 4 is 0 Å². The molecule has 2 fully saturated rings. The molecule has 0 heterocycles. The van der Waals surface area contributed by atoms with Gasteiger partial charge in [0.25, 0.3) is 0 Å². The van der Waals surface area contributed by atoms with Gasteiger partial charge >= 0.3 is 0 Å². The van der Waals surface area contributed by atoms with E-state index in [4.69, 9.17) is 0 Å². The summed E-state index contributed by atoms with van der Waals surface area (Å²) in [5.74, 6) is 2.06. The van der Waals surface area contributed by atoms with Crippen LogP contribution in [0.1, 0.15) is 45.6 Å². The number of phenolic OH excluding ortho intramolecular Hbond substituents is 1. The van der Waals surface area contributed by atoms with Crippen LogP contribution in [0.3, 0.4) is 0 Å². The van der Waals surface area contributed by atoms with E-state index in [2.05, 4.69) is 32.9 Å². The lowest BCUT2D eigenvalue weighted by molar-refractivity contribution is 0.0926. The first-order valence-corrected chi connectivity index (χ1v) is 6.76. The second-order valence-corrected chi connectivity index (χ2v) is 6.65. The predicted molar refractivity (Wildman–Crippen MR) is 70.1 cm³/mol. The molecule has 0 aromatic heterocycles. The molecule has 17 heavy (non-hydrogen) atoms. The van der Waals surface area contributed by atoms with Crippen LogP contribution in [0.2, 0.25) is 0 Å². The van der Waals surface area contributed by atoms with Gasteiger partial charge in [0.1, 0.15) is 5.75 Å². The third-order valence-corrected chi connectivity index (χ3v) is 6.07. The summed E-state index contributed by atoms with van der Waals surface area (Å²) in [4.78, 5) is 0. The molecular weight excluding hydrogens is 208 g/mol. The van der Waals surface area contributed by atoms with Crippen molar-refractivity contribution in [1.29, 1.82) is 0 Å². The highest BCUT2D eigenvalue weighted by molar-refractivity contribution is 5.42. The normalized spacial score (nSPS) is 38.5. The topological polar surface area (TPSA) is 20.2 Å². The van der Waals surface area contributed by atoms with E-state index in [1.807, 2.05) is 12.1 Å². The van der Waals surface area contributed by atoms with Gasteiger partial charge in [-0.3, -0.25) is 0 Å². The molecule has 2 aliphatic rings. The van der Waals surface area contributed by atoms with E-state index in [9.17, 15) is 5.11 Å². The molecule has 3 rings (SSSR count). The van der Waals surface area contributed by atoms with Crippen LogP contribution in [-0.4, -0.2) is 5.11 Å². The second kappa shape index (κ2) is 3.28. The lowest BCUT2D eigenvalue weighted by Crippen LogP contribution is -2.44. The van der Waals surface area contributed by atoms with Crippen molar-refractivity contribution in [2.45, 2.75) is 45.4 Å². The van der Waals surface area contributed by atoms with Crippen LogP contribution in [0.15, 0.2) is 24.3 Å². The molecule has 1 aromatic rings. The molecule has 1 aromatic carbocycles. The summed E-state index contributed by atoms with van der Waals surface area (Å²) in [5.41, 5.74) is 1.60. The quantitative estimate of drug-likeness (QED) is 0.770. The van der Waals surface area contributed by atoms with Crippen molar-refractivity contribution in [1.82, 2.24) is 0 Å². The summed E-state index contributed by atoms with van der Waals surface area (Å²) >= 11 is 0.